The second kappa shape index (κ2) is 10.2. The van der Waals surface area contributed by atoms with Crippen LogP contribution in [-0.2, 0) is 22.0 Å². The number of aromatic nitrogens is 5. The molecule has 0 atom stereocenters. The second-order valence-corrected chi connectivity index (χ2v) is 8.70. The molecule has 37 heavy (non-hydrogen) atoms. The molecule has 1 amide bonds. The number of ether oxygens (including phenoxy) is 1. The van der Waals surface area contributed by atoms with E-state index in [0.717, 1.165) is 30.0 Å². The zero-order valence-electron chi connectivity index (χ0n) is 20.0. The zero-order valence-corrected chi connectivity index (χ0v) is 20.0. The van der Waals surface area contributed by atoms with Gasteiger partial charge in [-0.05, 0) is 43.3 Å². The molecule has 0 aliphatic carbocycles. The lowest BCUT2D eigenvalue weighted by Gasteiger charge is -2.25. The van der Waals surface area contributed by atoms with Crippen molar-refractivity contribution in [3.63, 3.8) is 0 Å². The largest absolute Gasteiger partial charge is 0.379 e. The average Bonchev–Trinajstić information content (AvgIpc) is 3.49. The van der Waals surface area contributed by atoms with Crippen LogP contribution < -0.4 is 10.6 Å². The van der Waals surface area contributed by atoms with Gasteiger partial charge in [-0.25, -0.2) is 9.37 Å². The molecule has 194 valence electrons. The highest BCUT2D eigenvalue weighted by Gasteiger charge is 2.38. The highest BCUT2D eigenvalue weighted by molar-refractivity contribution is 5.78. The minimum Gasteiger partial charge on any atom is -0.379 e. The van der Waals surface area contributed by atoms with E-state index in [0.29, 0.717) is 37.8 Å². The Balaban J connectivity index is 1.46. The van der Waals surface area contributed by atoms with E-state index >= 15 is 8.78 Å². The molecule has 1 saturated heterocycles. The van der Waals surface area contributed by atoms with Crippen LogP contribution in [-0.4, -0.2) is 68.2 Å². The number of nitrogens with zero attached hydrogens (tertiary/aromatic N) is 5. The number of morpholine rings is 1. The first-order chi connectivity index (χ1) is 17.8. The smallest absolute Gasteiger partial charge is 0.331 e. The average molecular weight is 515 g/mol. The van der Waals surface area contributed by atoms with Gasteiger partial charge in [0.2, 0.25) is 17.7 Å². The normalized spacial score (nSPS) is 14.7. The van der Waals surface area contributed by atoms with E-state index in [1.807, 2.05) is 4.90 Å². The van der Waals surface area contributed by atoms with Gasteiger partial charge in [0.05, 0.1) is 26.3 Å². The van der Waals surface area contributed by atoms with Crippen molar-refractivity contribution in [1.82, 2.24) is 34.8 Å². The maximum Gasteiger partial charge on any atom is 0.331 e. The molecule has 0 bridgehead atoms. The van der Waals surface area contributed by atoms with Crippen LogP contribution >= 0.6 is 0 Å². The van der Waals surface area contributed by atoms with E-state index in [9.17, 15) is 9.18 Å². The molecule has 5 rings (SSSR count). The number of aromatic amines is 1. The summed E-state index contributed by atoms with van der Waals surface area (Å²) in [5.74, 6) is -4.75. The third-order valence-corrected chi connectivity index (χ3v) is 5.96. The highest BCUT2D eigenvalue weighted by Crippen LogP contribution is 2.35. The third kappa shape index (κ3) is 5.42. The number of rotatable bonds is 8. The molecule has 1 aromatic carbocycles. The number of benzene rings is 1. The molecule has 0 spiro atoms. The predicted octanol–water partition coefficient (Wildman–Crippen LogP) is 2.73. The van der Waals surface area contributed by atoms with Crippen LogP contribution in [0.4, 0.5) is 24.9 Å². The Hall–Kier alpha value is -3.97. The quantitative estimate of drug-likeness (QED) is 0.332. The summed E-state index contributed by atoms with van der Waals surface area (Å²) in [5.41, 5.74) is 1.09. The van der Waals surface area contributed by atoms with Crippen molar-refractivity contribution < 1.29 is 22.7 Å². The summed E-state index contributed by atoms with van der Waals surface area (Å²) < 4.78 is 50.9. The third-order valence-electron chi connectivity index (χ3n) is 5.96. The number of hydrogen-bond donors (Lipinski definition) is 3. The predicted molar refractivity (Wildman–Crippen MR) is 128 cm³/mol. The van der Waals surface area contributed by atoms with Crippen LogP contribution in [0.3, 0.4) is 0 Å². The molecule has 3 aromatic heterocycles. The number of alkyl halides is 2. The van der Waals surface area contributed by atoms with Crippen molar-refractivity contribution in [1.29, 1.82) is 0 Å². The topological polar surface area (TPSA) is 112 Å². The van der Waals surface area contributed by atoms with Crippen LogP contribution in [0.2, 0.25) is 0 Å². The van der Waals surface area contributed by atoms with Gasteiger partial charge in [-0.2, -0.15) is 18.9 Å². The minimum absolute atomic E-state index is 0.0377. The van der Waals surface area contributed by atoms with Gasteiger partial charge >= 0.3 is 5.92 Å². The molecule has 3 N–H and O–H groups in total. The number of anilines is 2. The van der Waals surface area contributed by atoms with Gasteiger partial charge in [0.25, 0.3) is 0 Å². The summed E-state index contributed by atoms with van der Waals surface area (Å²) in [6, 6.07) is 8.86. The number of H-pyrrole nitrogens is 1. The standard InChI is InChI=1S/C24H25F3N8O2/c1-15-12-19(33-32-15)29-23-31-22(24(26,27)16-2-4-17(25)5-3-16)30-20-7-6-18(35(20)23)13-28-21(36)14-34-8-10-37-11-9-34/h2-7,12H,8-11,13-14H2,1H3,(H,28,36)(H2,29,30,31,32,33). The summed E-state index contributed by atoms with van der Waals surface area (Å²) in [5, 5.41) is 12.7. The fraction of sp³-hybridized carbons (Fsp3) is 0.333. The lowest BCUT2D eigenvalue weighted by molar-refractivity contribution is -0.123. The van der Waals surface area contributed by atoms with Crippen LogP contribution in [0.5, 0.6) is 0 Å². The van der Waals surface area contributed by atoms with Crippen LogP contribution in [0.15, 0.2) is 42.5 Å². The fourth-order valence-corrected chi connectivity index (χ4v) is 4.04. The molecule has 0 unspecified atom stereocenters. The lowest BCUT2D eigenvalue weighted by Crippen LogP contribution is -2.43. The fourth-order valence-electron chi connectivity index (χ4n) is 4.04. The van der Waals surface area contributed by atoms with Crippen LogP contribution in [0.1, 0.15) is 22.8 Å². The SMILES string of the molecule is Cc1cc(Nc2nc(C(F)(F)c3ccc(F)cc3)nc3ccc(CNC(=O)CN4CCOCC4)n23)n[nH]1. The van der Waals surface area contributed by atoms with Gasteiger partial charge < -0.3 is 15.4 Å². The molecule has 1 aliphatic rings. The van der Waals surface area contributed by atoms with E-state index < -0.39 is 23.1 Å². The van der Waals surface area contributed by atoms with E-state index in [1.54, 1.807) is 29.5 Å². The number of aryl methyl sites for hydroxylation is 1. The van der Waals surface area contributed by atoms with Crippen molar-refractivity contribution in [2.24, 2.45) is 0 Å². The van der Waals surface area contributed by atoms with E-state index in [2.05, 4.69) is 30.8 Å². The monoisotopic (exact) mass is 514 g/mol. The first-order valence-corrected chi connectivity index (χ1v) is 11.7. The molecule has 13 heteroatoms. The molecular weight excluding hydrogens is 489 g/mol. The van der Waals surface area contributed by atoms with E-state index in [1.165, 1.54) is 0 Å². The number of carbonyl (C=O) groups excluding carboxylic acids is 1. The molecular formula is C24H25F3N8O2. The van der Waals surface area contributed by atoms with Gasteiger partial charge in [-0.1, -0.05) is 0 Å². The van der Waals surface area contributed by atoms with Gasteiger partial charge in [0.1, 0.15) is 11.5 Å². The Labute approximate surface area is 209 Å². The zero-order chi connectivity index (χ0) is 26.0. The number of halogens is 3. The van der Waals surface area contributed by atoms with Crippen molar-refractivity contribution >= 4 is 23.3 Å². The van der Waals surface area contributed by atoms with E-state index in [-0.39, 0.29) is 30.6 Å². The summed E-state index contributed by atoms with van der Waals surface area (Å²) in [7, 11) is 0. The molecule has 4 heterocycles. The summed E-state index contributed by atoms with van der Waals surface area (Å²) in [6.07, 6.45) is 0. The Bertz CT molecular complexity index is 1400. The summed E-state index contributed by atoms with van der Waals surface area (Å²) >= 11 is 0. The van der Waals surface area contributed by atoms with Crippen molar-refractivity contribution in [2.75, 3.05) is 38.2 Å². The Morgan fingerprint density at radius 2 is 1.89 bits per heavy atom. The number of carbonyl (C=O) groups is 1. The molecule has 1 fully saturated rings. The molecule has 0 radical (unpaired) electrons. The number of amides is 1. The molecule has 1 aliphatic heterocycles. The van der Waals surface area contributed by atoms with Crippen molar-refractivity contribution in [2.45, 2.75) is 19.4 Å². The second-order valence-electron chi connectivity index (χ2n) is 8.70. The summed E-state index contributed by atoms with van der Waals surface area (Å²) in [6.45, 7) is 4.68. The maximum atomic E-state index is 15.4. The summed E-state index contributed by atoms with van der Waals surface area (Å²) in [4.78, 5) is 22.7. The highest BCUT2D eigenvalue weighted by atomic mass is 19.3. The Morgan fingerprint density at radius 3 is 2.59 bits per heavy atom. The Morgan fingerprint density at radius 1 is 1.14 bits per heavy atom. The Kier molecular flexibility index (Phi) is 6.80. The van der Waals surface area contributed by atoms with Gasteiger partial charge in [0, 0.05) is 36.1 Å². The number of hydrogen-bond acceptors (Lipinski definition) is 7. The van der Waals surface area contributed by atoms with Crippen molar-refractivity contribution in [3.05, 3.63) is 71.1 Å². The van der Waals surface area contributed by atoms with Gasteiger partial charge in [-0.3, -0.25) is 19.2 Å². The maximum absolute atomic E-state index is 15.4. The number of nitrogens with one attached hydrogen (secondary N) is 3. The molecule has 10 nitrogen and oxygen atoms in total. The first kappa shape index (κ1) is 24.7. The lowest BCUT2D eigenvalue weighted by atomic mass is 10.1. The van der Waals surface area contributed by atoms with Gasteiger partial charge in [0.15, 0.2) is 5.82 Å². The number of fused-ring (bicyclic) bond motifs is 1. The van der Waals surface area contributed by atoms with E-state index in [4.69, 9.17) is 4.74 Å². The molecule has 4 aromatic rings. The first-order valence-electron chi connectivity index (χ1n) is 11.7. The molecule has 0 saturated carbocycles. The van der Waals surface area contributed by atoms with Crippen LogP contribution in [0.25, 0.3) is 5.65 Å². The minimum atomic E-state index is -3.59. The van der Waals surface area contributed by atoms with Gasteiger partial charge in [-0.15, -0.1) is 0 Å². The van der Waals surface area contributed by atoms with Crippen molar-refractivity contribution in [3.8, 4) is 0 Å². The van der Waals surface area contributed by atoms with Crippen LogP contribution in [0, 0.1) is 12.7 Å².